The summed E-state index contributed by atoms with van der Waals surface area (Å²) in [5, 5.41) is 0.556. The van der Waals surface area contributed by atoms with Crippen molar-refractivity contribution in [1.82, 2.24) is 9.88 Å². The lowest BCUT2D eigenvalue weighted by Crippen LogP contribution is -2.57. The number of Topliss-reactive ketones (excluding diaryl/α,β-unsaturated/α-hetero) is 1. The number of carbonyl (C=O) groups is 1. The molecule has 112 valence electrons. The van der Waals surface area contributed by atoms with Gasteiger partial charge in [0, 0.05) is 30.4 Å². The average Bonchev–Trinajstić information content (AvgIpc) is 2.93. The highest BCUT2D eigenvalue weighted by atomic mass is 35.5. The molecule has 0 radical (unpaired) electrons. The fraction of sp³-hybridized carbons (Fsp3) is 0.692. The highest BCUT2D eigenvalue weighted by Crippen LogP contribution is 2.33. The molecule has 2 atom stereocenters. The second-order valence-electron chi connectivity index (χ2n) is 5.74. The van der Waals surface area contributed by atoms with Crippen molar-refractivity contribution >= 4 is 29.5 Å². The molecular formula is C13H21ClN4OS. The van der Waals surface area contributed by atoms with Gasteiger partial charge in [-0.3, -0.25) is 4.79 Å². The van der Waals surface area contributed by atoms with Gasteiger partial charge in [0.2, 0.25) is 5.78 Å². The number of likely N-dealkylation sites (N-methyl/N-ethyl adjacent to an activating group) is 1. The molecule has 0 amide bonds. The first-order chi connectivity index (χ1) is 9.00. The molecule has 3 rings (SSSR count). The van der Waals surface area contributed by atoms with E-state index in [9.17, 15) is 4.79 Å². The van der Waals surface area contributed by atoms with E-state index in [1.54, 1.807) is 0 Å². The van der Waals surface area contributed by atoms with Crippen LogP contribution in [0.25, 0.3) is 0 Å². The van der Waals surface area contributed by atoms with Crippen molar-refractivity contribution in [3.63, 3.8) is 0 Å². The zero-order valence-electron chi connectivity index (χ0n) is 11.6. The van der Waals surface area contributed by atoms with Crippen molar-refractivity contribution in [3.8, 4) is 0 Å². The first-order valence-electron chi connectivity index (χ1n) is 6.77. The van der Waals surface area contributed by atoms with Crippen LogP contribution in [0.5, 0.6) is 0 Å². The van der Waals surface area contributed by atoms with Gasteiger partial charge in [0.05, 0.1) is 11.2 Å². The zero-order chi connectivity index (χ0) is 13.6. The number of nitrogens with two attached hydrogens (primary N) is 2. The summed E-state index contributed by atoms with van der Waals surface area (Å²) in [5.41, 5.74) is 12.4. The third-order valence-electron chi connectivity index (χ3n) is 4.31. The van der Waals surface area contributed by atoms with Crippen LogP contribution in [0.15, 0.2) is 0 Å². The number of fused-ring (bicyclic) bond motifs is 1. The number of halogens is 1. The molecule has 0 saturated heterocycles. The molecule has 7 heteroatoms. The van der Waals surface area contributed by atoms with Crippen molar-refractivity contribution in [1.29, 1.82) is 0 Å². The van der Waals surface area contributed by atoms with Crippen LogP contribution in [0, 0.1) is 0 Å². The molecule has 1 aliphatic carbocycles. The van der Waals surface area contributed by atoms with E-state index in [1.165, 1.54) is 16.2 Å². The van der Waals surface area contributed by atoms with E-state index in [1.807, 2.05) is 0 Å². The van der Waals surface area contributed by atoms with Gasteiger partial charge in [-0.25, -0.2) is 4.98 Å². The number of carbonyl (C=O) groups excluding carboxylic acids is 1. The van der Waals surface area contributed by atoms with Crippen LogP contribution in [0.3, 0.4) is 0 Å². The van der Waals surface area contributed by atoms with Crippen LogP contribution in [0.4, 0.5) is 0 Å². The van der Waals surface area contributed by atoms with Crippen LogP contribution in [-0.4, -0.2) is 40.8 Å². The highest BCUT2D eigenvalue weighted by Gasteiger charge is 2.45. The lowest BCUT2D eigenvalue weighted by molar-refractivity contribution is 0.0879. The molecular weight excluding hydrogens is 296 g/mol. The van der Waals surface area contributed by atoms with Crippen LogP contribution in [-0.2, 0) is 13.0 Å². The summed E-state index contributed by atoms with van der Waals surface area (Å²) in [4.78, 5) is 20.6. The van der Waals surface area contributed by atoms with Gasteiger partial charge in [-0.1, -0.05) is 0 Å². The predicted molar refractivity (Wildman–Crippen MR) is 82.5 cm³/mol. The van der Waals surface area contributed by atoms with E-state index in [4.69, 9.17) is 11.5 Å². The van der Waals surface area contributed by atoms with Crippen molar-refractivity contribution in [2.45, 2.75) is 43.8 Å². The maximum atomic E-state index is 12.6. The van der Waals surface area contributed by atoms with Gasteiger partial charge in [-0.05, 0) is 26.3 Å². The van der Waals surface area contributed by atoms with E-state index in [0.717, 1.165) is 38.0 Å². The molecule has 0 bridgehead atoms. The number of hydrogen-bond donors (Lipinski definition) is 2. The molecule has 1 saturated carbocycles. The number of nitrogens with zero attached hydrogens (tertiary/aromatic N) is 2. The maximum Gasteiger partial charge on any atom is 0.212 e. The quantitative estimate of drug-likeness (QED) is 0.793. The van der Waals surface area contributed by atoms with Crippen LogP contribution in [0.2, 0.25) is 0 Å². The first-order valence-corrected chi connectivity index (χ1v) is 7.59. The third-order valence-corrected chi connectivity index (χ3v) is 5.39. The molecule has 2 aliphatic rings. The fourth-order valence-electron chi connectivity index (χ4n) is 2.96. The fourth-order valence-corrected chi connectivity index (χ4v) is 4.18. The van der Waals surface area contributed by atoms with E-state index in [2.05, 4.69) is 16.9 Å². The number of aromatic nitrogens is 1. The summed E-state index contributed by atoms with van der Waals surface area (Å²) in [6.45, 7) is 1.88. The van der Waals surface area contributed by atoms with Gasteiger partial charge < -0.3 is 16.4 Å². The lowest BCUT2D eigenvalue weighted by atomic mass is 9.90. The van der Waals surface area contributed by atoms with Crippen LogP contribution >= 0.6 is 23.7 Å². The molecule has 4 N–H and O–H groups in total. The second kappa shape index (κ2) is 5.69. The molecule has 5 nitrogen and oxygen atoms in total. The molecule has 1 aromatic heterocycles. The monoisotopic (exact) mass is 316 g/mol. The number of rotatable bonds is 2. The average molecular weight is 317 g/mol. The van der Waals surface area contributed by atoms with E-state index in [-0.39, 0.29) is 24.2 Å². The summed E-state index contributed by atoms with van der Waals surface area (Å²) >= 11 is 1.50. The van der Waals surface area contributed by atoms with E-state index in [0.29, 0.717) is 11.4 Å². The molecule has 1 fully saturated rings. The summed E-state index contributed by atoms with van der Waals surface area (Å²) in [5.74, 6) is -0.0560. The summed E-state index contributed by atoms with van der Waals surface area (Å²) < 4.78 is 0. The topological polar surface area (TPSA) is 85.2 Å². The van der Waals surface area contributed by atoms with Crippen molar-refractivity contribution in [2.75, 3.05) is 13.6 Å². The summed E-state index contributed by atoms with van der Waals surface area (Å²) in [6, 6.07) is -0.233. The summed E-state index contributed by atoms with van der Waals surface area (Å²) in [6.07, 6.45) is 3.35. The SMILES string of the molecule is CN1CCc2nc(C(=O)C3(N)CCCC3N)sc2C1.Cl. The third kappa shape index (κ3) is 2.51. The smallest absolute Gasteiger partial charge is 0.212 e. The Bertz CT molecular complexity index is 520. The Morgan fingerprint density at radius 2 is 2.30 bits per heavy atom. The Balaban J connectivity index is 0.00000147. The second-order valence-corrected chi connectivity index (χ2v) is 6.83. The highest BCUT2D eigenvalue weighted by molar-refractivity contribution is 7.13. The molecule has 2 heterocycles. The van der Waals surface area contributed by atoms with Gasteiger partial charge in [-0.2, -0.15) is 0 Å². The molecule has 1 aromatic rings. The molecule has 2 unspecified atom stereocenters. The Hall–Kier alpha value is -0.530. The molecule has 0 spiro atoms. The van der Waals surface area contributed by atoms with Crippen molar-refractivity contribution in [2.24, 2.45) is 11.5 Å². The lowest BCUT2D eigenvalue weighted by Gasteiger charge is -2.25. The predicted octanol–water partition coefficient (Wildman–Crippen LogP) is 0.944. The minimum Gasteiger partial charge on any atom is -0.326 e. The van der Waals surface area contributed by atoms with Gasteiger partial charge in [0.25, 0.3) is 0 Å². The minimum atomic E-state index is -0.896. The largest absolute Gasteiger partial charge is 0.326 e. The number of ketones is 1. The van der Waals surface area contributed by atoms with E-state index < -0.39 is 5.54 Å². The minimum absolute atomic E-state index is 0. The Labute approximate surface area is 129 Å². The Morgan fingerprint density at radius 1 is 1.55 bits per heavy atom. The Morgan fingerprint density at radius 3 is 2.95 bits per heavy atom. The van der Waals surface area contributed by atoms with E-state index >= 15 is 0 Å². The molecule has 1 aliphatic heterocycles. The van der Waals surface area contributed by atoms with Crippen molar-refractivity contribution in [3.05, 3.63) is 15.6 Å². The zero-order valence-corrected chi connectivity index (χ0v) is 13.2. The number of thiazole rings is 1. The molecule has 0 aromatic carbocycles. The van der Waals surface area contributed by atoms with Crippen molar-refractivity contribution < 1.29 is 4.79 Å². The van der Waals surface area contributed by atoms with Gasteiger partial charge in [0.1, 0.15) is 0 Å². The van der Waals surface area contributed by atoms with Gasteiger partial charge in [-0.15, -0.1) is 23.7 Å². The first kappa shape index (κ1) is 15.9. The van der Waals surface area contributed by atoms with Crippen LogP contribution < -0.4 is 11.5 Å². The number of hydrogen-bond acceptors (Lipinski definition) is 6. The van der Waals surface area contributed by atoms with Gasteiger partial charge >= 0.3 is 0 Å². The standard InChI is InChI=1S/C13H20N4OS.ClH/c1-17-6-4-8-9(7-17)19-12(16-8)11(18)13(15)5-2-3-10(13)14;/h10H,2-7,14-15H2,1H3;1H. The Kier molecular flexibility index (Phi) is 4.51. The normalized spacial score (nSPS) is 29.9. The van der Waals surface area contributed by atoms with Gasteiger partial charge in [0.15, 0.2) is 5.01 Å². The maximum absolute atomic E-state index is 12.6. The summed E-state index contributed by atoms with van der Waals surface area (Å²) in [7, 11) is 2.08. The van der Waals surface area contributed by atoms with Crippen LogP contribution in [0.1, 0.15) is 39.6 Å². The molecule has 20 heavy (non-hydrogen) atoms.